The average molecular weight is 405 g/mol. The fraction of sp³-hybridized carbons (Fsp3) is 0.375. The van der Waals surface area contributed by atoms with Crippen molar-refractivity contribution in [2.45, 2.75) is 24.3 Å². The number of hydrogen-bond acceptors (Lipinski definition) is 4. The van der Waals surface area contributed by atoms with Gasteiger partial charge >= 0.3 is 0 Å². The Hall–Kier alpha value is -2.83. The van der Waals surface area contributed by atoms with Gasteiger partial charge in [-0.1, -0.05) is 18.2 Å². The molecule has 1 atom stereocenters. The van der Waals surface area contributed by atoms with E-state index in [1.807, 2.05) is 47.4 Å². The van der Waals surface area contributed by atoms with Gasteiger partial charge < -0.3 is 25.0 Å². The van der Waals surface area contributed by atoms with E-state index in [9.17, 15) is 9.90 Å². The number of benzene rings is 2. The third kappa shape index (κ3) is 2.99. The van der Waals surface area contributed by atoms with Gasteiger partial charge in [-0.05, 0) is 42.7 Å². The predicted octanol–water partition coefficient (Wildman–Crippen LogP) is 2.99. The minimum Gasteiger partial charge on any atom is -0.497 e. The average Bonchev–Trinajstić information content (AvgIpc) is 3.20. The van der Waals surface area contributed by atoms with E-state index in [1.165, 1.54) is 10.9 Å². The van der Waals surface area contributed by atoms with Gasteiger partial charge in [0.2, 0.25) is 0 Å². The minimum absolute atomic E-state index is 0.0473. The van der Waals surface area contributed by atoms with E-state index < -0.39 is 0 Å². The van der Waals surface area contributed by atoms with Gasteiger partial charge in [0, 0.05) is 53.3 Å². The summed E-state index contributed by atoms with van der Waals surface area (Å²) in [7, 11) is 1.67. The smallest absolute Gasteiger partial charge is 0.253 e. The molecule has 3 aromatic rings. The van der Waals surface area contributed by atoms with Crippen molar-refractivity contribution in [1.82, 2.24) is 15.2 Å². The number of piperidine rings is 1. The van der Waals surface area contributed by atoms with Gasteiger partial charge in [0.1, 0.15) is 5.75 Å². The summed E-state index contributed by atoms with van der Waals surface area (Å²) in [6, 6.07) is 15.5. The molecule has 6 heteroatoms. The fourth-order valence-electron chi connectivity index (χ4n) is 5.15. The summed E-state index contributed by atoms with van der Waals surface area (Å²) in [6.07, 6.45) is 1.78. The number of aliphatic hydroxyl groups is 1. The maximum Gasteiger partial charge on any atom is 0.253 e. The molecule has 2 aliphatic rings. The molecule has 156 valence electrons. The number of hydrogen-bond donors (Lipinski definition) is 3. The van der Waals surface area contributed by atoms with Gasteiger partial charge in [0.05, 0.1) is 19.8 Å². The number of methoxy groups -OCH3 is 1. The number of H-pyrrole nitrogens is 1. The van der Waals surface area contributed by atoms with Crippen molar-refractivity contribution < 1.29 is 14.6 Å². The van der Waals surface area contributed by atoms with Crippen LogP contribution in [-0.2, 0) is 5.41 Å². The van der Waals surface area contributed by atoms with Crippen molar-refractivity contribution in [2.24, 2.45) is 0 Å². The molecule has 1 saturated heterocycles. The summed E-state index contributed by atoms with van der Waals surface area (Å²) in [5.41, 5.74) is 4.08. The molecule has 30 heavy (non-hydrogen) atoms. The Morgan fingerprint density at radius 1 is 1.20 bits per heavy atom. The summed E-state index contributed by atoms with van der Waals surface area (Å²) in [5.74, 6) is 0.915. The molecule has 1 spiro atoms. The van der Waals surface area contributed by atoms with Crippen LogP contribution in [0.3, 0.4) is 0 Å². The number of nitrogens with zero attached hydrogens (tertiary/aromatic N) is 1. The molecule has 2 aliphatic heterocycles. The van der Waals surface area contributed by atoms with Crippen LogP contribution in [0, 0.1) is 0 Å². The predicted molar refractivity (Wildman–Crippen MR) is 116 cm³/mol. The zero-order chi connectivity index (χ0) is 20.7. The maximum atomic E-state index is 12.9. The lowest BCUT2D eigenvalue weighted by atomic mass is 9.69. The maximum absolute atomic E-state index is 12.9. The van der Waals surface area contributed by atoms with Gasteiger partial charge in [0.25, 0.3) is 5.91 Å². The van der Waals surface area contributed by atoms with Crippen molar-refractivity contribution in [3.63, 3.8) is 0 Å². The highest BCUT2D eigenvalue weighted by molar-refractivity contribution is 5.94. The fourth-order valence-corrected chi connectivity index (χ4v) is 5.15. The lowest BCUT2D eigenvalue weighted by Gasteiger charge is -2.46. The molecule has 0 unspecified atom stereocenters. The number of aromatic nitrogens is 1. The first-order valence-electron chi connectivity index (χ1n) is 10.5. The van der Waals surface area contributed by atoms with Crippen LogP contribution in [0.5, 0.6) is 5.75 Å². The van der Waals surface area contributed by atoms with Crippen LogP contribution < -0.4 is 10.1 Å². The first kappa shape index (κ1) is 19.2. The molecule has 2 aromatic carbocycles. The number of carbonyl (C=O) groups excluding carboxylic acids is 1. The quantitative estimate of drug-likeness (QED) is 0.626. The van der Waals surface area contributed by atoms with Crippen LogP contribution in [0.2, 0.25) is 0 Å². The molecule has 1 aromatic heterocycles. The molecule has 5 rings (SSSR count). The van der Waals surface area contributed by atoms with E-state index in [0.717, 1.165) is 55.0 Å². The summed E-state index contributed by atoms with van der Waals surface area (Å²) in [5, 5.41) is 14.7. The molecular weight excluding hydrogens is 378 g/mol. The van der Waals surface area contributed by atoms with Crippen LogP contribution in [-0.4, -0.2) is 54.2 Å². The number of aromatic amines is 1. The molecule has 0 saturated carbocycles. The number of likely N-dealkylation sites (tertiary alicyclic amines) is 1. The number of ether oxygens (including phenoxy) is 1. The summed E-state index contributed by atoms with van der Waals surface area (Å²) >= 11 is 0. The molecular formula is C24H27N3O3. The van der Waals surface area contributed by atoms with Crippen LogP contribution in [0.25, 0.3) is 10.9 Å². The highest BCUT2D eigenvalue weighted by Gasteiger charge is 2.44. The normalized spacial score (nSPS) is 20.3. The molecule has 1 fully saturated rings. The summed E-state index contributed by atoms with van der Waals surface area (Å²) in [6.45, 7) is 2.30. The van der Waals surface area contributed by atoms with E-state index in [2.05, 4.69) is 16.4 Å². The topological polar surface area (TPSA) is 77.6 Å². The lowest BCUT2D eigenvalue weighted by molar-refractivity contribution is 0.0651. The Kier molecular flexibility index (Phi) is 4.76. The summed E-state index contributed by atoms with van der Waals surface area (Å²) in [4.78, 5) is 18.4. The van der Waals surface area contributed by atoms with E-state index in [0.29, 0.717) is 0 Å². The Labute approximate surface area is 175 Å². The Balaban J connectivity index is 1.48. The SMILES string of the molecule is COc1ccc2c3c([nH]c2c1)[C@@H](CO)NCC31CCN(C(=O)c2ccccc2)CC1. The molecule has 0 bridgehead atoms. The first-order chi connectivity index (χ1) is 14.6. The zero-order valence-corrected chi connectivity index (χ0v) is 17.1. The second kappa shape index (κ2) is 7.45. The van der Waals surface area contributed by atoms with E-state index in [4.69, 9.17) is 4.74 Å². The zero-order valence-electron chi connectivity index (χ0n) is 17.1. The van der Waals surface area contributed by atoms with Crippen molar-refractivity contribution in [3.8, 4) is 5.75 Å². The van der Waals surface area contributed by atoms with Crippen molar-refractivity contribution in [2.75, 3.05) is 33.4 Å². The van der Waals surface area contributed by atoms with Crippen LogP contribution >= 0.6 is 0 Å². The first-order valence-corrected chi connectivity index (χ1v) is 10.5. The van der Waals surface area contributed by atoms with Gasteiger partial charge in [0.15, 0.2) is 0 Å². The molecule has 0 aliphatic carbocycles. The summed E-state index contributed by atoms with van der Waals surface area (Å²) < 4.78 is 5.40. The third-order valence-electron chi connectivity index (χ3n) is 6.81. The highest BCUT2D eigenvalue weighted by Crippen LogP contribution is 2.46. The number of carbonyl (C=O) groups is 1. The van der Waals surface area contributed by atoms with Crippen molar-refractivity contribution in [1.29, 1.82) is 0 Å². The Morgan fingerprint density at radius 3 is 2.67 bits per heavy atom. The Morgan fingerprint density at radius 2 is 1.97 bits per heavy atom. The van der Waals surface area contributed by atoms with E-state index >= 15 is 0 Å². The monoisotopic (exact) mass is 405 g/mol. The van der Waals surface area contributed by atoms with Gasteiger partial charge in [-0.2, -0.15) is 0 Å². The number of amides is 1. The van der Waals surface area contributed by atoms with E-state index in [-0.39, 0.29) is 24.0 Å². The third-order valence-corrected chi connectivity index (χ3v) is 6.81. The highest BCUT2D eigenvalue weighted by atomic mass is 16.5. The lowest BCUT2D eigenvalue weighted by Crippen LogP contribution is -2.53. The number of rotatable bonds is 3. The van der Waals surface area contributed by atoms with E-state index in [1.54, 1.807) is 7.11 Å². The van der Waals surface area contributed by atoms with Crippen LogP contribution in [0.15, 0.2) is 48.5 Å². The number of aliphatic hydroxyl groups excluding tert-OH is 1. The van der Waals surface area contributed by atoms with Gasteiger partial charge in [-0.3, -0.25) is 4.79 Å². The minimum atomic E-state index is -0.104. The number of nitrogens with one attached hydrogen (secondary N) is 2. The molecule has 3 heterocycles. The molecule has 0 radical (unpaired) electrons. The Bertz CT molecular complexity index is 1070. The molecule has 3 N–H and O–H groups in total. The van der Waals surface area contributed by atoms with Gasteiger partial charge in [-0.15, -0.1) is 0 Å². The van der Waals surface area contributed by atoms with Gasteiger partial charge in [-0.25, -0.2) is 0 Å². The van der Waals surface area contributed by atoms with Crippen LogP contribution in [0.1, 0.15) is 40.5 Å². The number of fused-ring (bicyclic) bond motifs is 4. The standard InChI is InChI=1S/C24H27N3O3/c1-30-17-7-8-18-19(13-17)26-22-20(14-28)25-15-24(21(18)22)9-11-27(12-10-24)23(29)16-5-3-2-4-6-16/h2-8,13,20,25-26,28H,9-12,14-15H2,1H3/t20-/m1/s1. The second-order valence-corrected chi connectivity index (χ2v) is 8.38. The van der Waals surface area contributed by atoms with Crippen LogP contribution in [0.4, 0.5) is 0 Å². The molecule has 1 amide bonds. The second-order valence-electron chi connectivity index (χ2n) is 8.38. The van der Waals surface area contributed by atoms with Crippen molar-refractivity contribution >= 4 is 16.8 Å². The van der Waals surface area contributed by atoms with Crippen molar-refractivity contribution in [3.05, 3.63) is 65.4 Å². The largest absolute Gasteiger partial charge is 0.497 e. The molecule has 6 nitrogen and oxygen atoms in total.